The van der Waals surface area contributed by atoms with Gasteiger partial charge >= 0.3 is 0 Å². The lowest BCUT2D eigenvalue weighted by Crippen LogP contribution is -2.46. The van der Waals surface area contributed by atoms with Crippen LogP contribution in [0.3, 0.4) is 0 Å². The van der Waals surface area contributed by atoms with Crippen LogP contribution in [-0.2, 0) is 0 Å². The molecular weight excluding hydrogens is 325 g/mol. The van der Waals surface area contributed by atoms with Gasteiger partial charge < -0.3 is 10.2 Å². The van der Waals surface area contributed by atoms with Crippen molar-refractivity contribution >= 4 is 17.2 Å². The lowest BCUT2D eigenvalue weighted by atomic mass is 10.0. The van der Waals surface area contributed by atoms with E-state index >= 15 is 0 Å². The number of thiazole rings is 1. The largest absolute Gasteiger partial charge is 0.334 e. The Labute approximate surface area is 145 Å². The molecule has 3 rings (SSSR count). The first-order chi connectivity index (χ1) is 11.7. The van der Waals surface area contributed by atoms with Crippen LogP contribution in [0.15, 0.2) is 29.6 Å². The van der Waals surface area contributed by atoms with E-state index in [2.05, 4.69) is 17.2 Å². The molecule has 6 heteroatoms. The third-order valence-electron chi connectivity index (χ3n) is 4.29. The normalized spacial score (nSPS) is 15.4. The Morgan fingerprint density at radius 1 is 1.33 bits per heavy atom. The van der Waals surface area contributed by atoms with E-state index < -0.39 is 0 Å². The zero-order valence-electron chi connectivity index (χ0n) is 13.8. The van der Waals surface area contributed by atoms with Crippen LogP contribution < -0.4 is 5.32 Å². The predicted molar refractivity (Wildman–Crippen MR) is 94.7 cm³/mol. The molecular formula is C18H22FN3OS. The molecule has 1 aliphatic rings. The summed E-state index contributed by atoms with van der Waals surface area (Å²) in [5.74, 6) is -0.264. The molecule has 24 heavy (non-hydrogen) atoms. The fourth-order valence-corrected chi connectivity index (χ4v) is 3.85. The second kappa shape index (κ2) is 7.85. The Morgan fingerprint density at radius 3 is 2.71 bits per heavy atom. The number of hydrogen-bond donors (Lipinski definition) is 1. The minimum absolute atomic E-state index is 0.00774. The van der Waals surface area contributed by atoms with Gasteiger partial charge in [0.1, 0.15) is 16.5 Å². The fourth-order valence-electron chi connectivity index (χ4n) is 3.05. The molecule has 0 bridgehead atoms. The summed E-state index contributed by atoms with van der Waals surface area (Å²) in [5.41, 5.74) is 1.33. The van der Waals surface area contributed by atoms with Gasteiger partial charge in [-0.15, -0.1) is 11.3 Å². The topological polar surface area (TPSA) is 45.2 Å². The first-order valence-corrected chi connectivity index (χ1v) is 9.30. The van der Waals surface area contributed by atoms with E-state index in [9.17, 15) is 9.18 Å². The van der Waals surface area contributed by atoms with Crippen molar-refractivity contribution in [3.63, 3.8) is 0 Å². The lowest BCUT2D eigenvalue weighted by molar-refractivity contribution is 0.0637. The summed E-state index contributed by atoms with van der Waals surface area (Å²) < 4.78 is 13.0. The van der Waals surface area contributed by atoms with Crippen LogP contribution >= 0.6 is 11.3 Å². The number of amides is 1. The second-order valence-corrected chi connectivity index (χ2v) is 6.88. The Balaban J connectivity index is 1.78. The van der Waals surface area contributed by atoms with Gasteiger partial charge in [0.25, 0.3) is 5.91 Å². The molecule has 1 aromatic carbocycles. The maximum absolute atomic E-state index is 13.0. The van der Waals surface area contributed by atoms with E-state index in [1.54, 1.807) is 12.1 Å². The predicted octanol–water partition coefficient (Wildman–Crippen LogP) is 3.55. The number of benzene rings is 1. The first kappa shape index (κ1) is 17.0. The summed E-state index contributed by atoms with van der Waals surface area (Å²) in [4.78, 5) is 19.4. The summed E-state index contributed by atoms with van der Waals surface area (Å²) in [7, 11) is 0. The maximum atomic E-state index is 13.0. The molecule has 1 saturated heterocycles. The van der Waals surface area contributed by atoms with Gasteiger partial charge in [0.05, 0.1) is 0 Å². The SMILES string of the molecule is CCCN(C(=O)c1csc(-c2ccc(F)cc2)n1)C1CCNCC1. The molecule has 0 unspecified atom stereocenters. The highest BCUT2D eigenvalue weighted by molar-refractivity contribution is 7.13. The second-order valence-electron chi connectivity index (χ2n) is 6.02. The highest BCUT2D eigenvalue weighted by Crippen LogP contribution is 2.25. The van der Waals surface area contributed by atoms with Crippen molar-refractivity contribution in [2.75, 3.05) is 19.6 Å². The molecule has 128 valence electrons. The summed E-state index contributed by atoms with van der Waals surface area (Å²) in [6, 6.07) is 6.50. The van der Waals surface area contributed by atoms with Crippen molar-refractivity contribution in [2.45, 2.75) is 32.2 Å². The Kier molecular flexibility index (Phi) is 5.58. The zero-order valence-corrected chi connectivity index (χ0v) is 14.6. The smallest absolute Gasteiger partial charge is 0.273 e. The molecule has 1 amide bonds. The highest BCUT2D eigenvalue weighted by atomic mass is 32.1. The number of nitrogens with one attached hydrogen (secondary N) is 1. The molecule has 1 fully saturated rings. The van der Waals surface area contributed by atoms with Gasteiger partial charge in [-0.2, -0.15) is 0 Å². The van der Waals surface area contributed by atoms with E-state index in [4.69, 9.17) is 0 Å². The Hall–Kier alpha value is -1.79. The van der Waals surface area contributed by atoms with Crippen LogP contribution in [0.2, 0.25) is 0 Å². The van der Waals surface area contributed by atoms with Crippen molar-refractivity contribution < 1.29 is 9.18 Å². The highest BCUT2D eigenvalue weighted by Gasteiger charge is 2.27. The van der Waals surface area contributed by atoms with Gasteiger partial charge in [-0.05, 0) is 56.6 Å². The molecule has 0 saturated carbocycles. The molecule has 1 aromatic heterocycles. The minimum Gasteiger partial charge on any atom is -0.334 e. The van der Waals surface area contributed by atoms with E-state index in [0.29, 0.717) is 5.69 Å². The molecule has 0 atom stereocenters. The average molecular weight is 347 g/mol. The first-order valence-electron chi connectivity index (χ1n) is 8.42. The molecule has 4 nitrogen and oxygen atoms in total. The molecule has 2 aromatic rings. The number of nitrogens with zero attached hydrogens (tertiary/aromatic N) is 2. The molecule has 0 radical (unpaired) electrons. The summed E-state index contributed by atoms with van der Waals surface area (Å²) >= 11 is 1.43. The van der Waals surface area contributed by atoms with Gasteiger partial charge in [-0.1, -0.05) is 6.92 Å². The van der Waals surface area contributed by atoms with Crippen LogP contribution in [-0.4, -0.2) is 41.5 Å². The third kappa shape index (κ3) is 3.82. The van der Waals surface area contributed by atoms with E-state index in [-0.39, 0.29) is 17.8 Å². The quantitative estimate of drug-likeness (QED) is 0.900. The Morgan fingerprint density at radius 2 is 2.04 bits per heavy atom. The van der Waals surface area contributed by atoms with Crippen LogP contribution in [0.4, 0.5) is 4.39 Å². The minimum atomic E-state index is -0.272. The molecule has 1 N–H and O–H groups in total. The number of hydrogen-bond acceptors (Lipinski definition) is 4. The summed E-state index contributed by atoms with van der Waals surface area (Å²) in [5, 5.41) is 5.90. The number of rotatable bonds is 5. The van der Waals surface area contributed by atoms with Crippen LogP contribution in [0, 0.1) is 5.82 Å². The maximum Gasteiger partial charge on any atom is 0.273 e. The van der Waals surface area contributed by atoms with Gasteiger partial charge in [0.15, 0.2) is 0 Å². The number of piperidine rings is 1. The van der Waals surface area contributed by atoms with E-state index in [0.717, 1.165) is 49.5 Å². The molecule has 1 aliphatic heterocycles. The van der Waals surface area contributed by atoms with Crippen molar-refractivity contribution in [1.82, 2.24) is 15.2 Å². The summed E-state index contributed by atoms with van der Waals surface area (Å²) in [6.45, 7) is 4.76. The van der Waals surface area contributed by atoms with E-state index in [1.165, 1.54) is 23.5 Å². The average Bonchev–Trinajstić information content (AvgIpc) is 3.10. The zero-order chi connectivity index (χ0) is 16.9. The van der Waals surface area contributed by atoms with Gasteiger partial charge in [0, 0.05) is 23.5 Å². The monoisotopic (exact) mass is 347 g/mol. The third-order valence-corrected chi connectivity index (χ3v) is 5.18. The number of aromatic nitrogens is 1. The fraction of sp³-hybridized carbons (Fsp3) is 0.444. The van der Waals surface area contributed by atoms with Crippen LogP contribution in [0.25, 0.3) is 10.6 Å². The number of carbonyl (C=O) groups is 1. The van der Waals surface area contributed by atoms with Crippen molar-refractivity contribution in [3.8, 4) is 10.6 Å². The van der Waals surface area contributed by atoms with Crippen LogP contribution in [0.1, 0.15) is 36.7 Å². The molecule has 2 heterocycles. The van der Waals surface area contributed by atoms with Crippen molar-refractivity contribution in [1.29, 1.82) is 0 Å². The number of halogens is 1. The Bertz CT molecular complexity index is 680. The van der Waals surface area contributed by atoms with Crippen molar-refractivity contribution in [2.24, 2.45) is 0 Å². The van der Waals surface area contributed by atoms with Crippen LogP contribution in [0.5, 0.6) is 0 Å². The molecule has 0 aliphatic carbocycles. The summed E-state index contributed by atoms with van der Waals surface area (Å²) in [6.07, 6.45) is 2.91. The van der Waals surface area contributed by atoms with Gasteiger partial charge in [-0.25, -0.2) is 9.37 Å². The standard InChI is InChI=1S/C18H22FN3OS/c1-2-11-22(15-7-9-20-10-8-15)18(23)16-12-24-17(21-16)13-3-5-14(19)6-4-13/h3-6,12,15,20H,2,7-11H2,1H3. The van der Waals surface area contributed by atoms with Gasteiger partial charge in [0.2, 0.25) is 0 Å². The molecule has 0 spiro atoms. The lowest BCUT2D eigenvalue weighted by Gasteiger charge is -2.34. The van der Waals surface area contributed by atoms with Crippen molar-refractivity contribution in [3.05, 3.63) is 41.2 Å². The number of carbonyl (C=O) groups excluding carboxylic acids is 1. The van der Waals surface area contributed by atoms with E-state index in [1.807, 2.05) is 10.3 Å². The van der Waals surface area contributed by atoms with Gasteiger partial charge in [-0.3, -0.25) is 4.79 Å².